The van der Waals surface area contributed by atoms with Crippen LogP contribution in [0.4, 0.5) is 5.69 Å². The molecule has 0 spiro atoms. The van der Waals surface area contributed by atoms with Gasteiger partial charge in [0.05, 0.1) is 13.2 Å². The summed E-state index contributed by atoms with van der Waals surface area (Å²) in [5.74, 6) is 1.87. The van der Waals surface area contributed by atoms with E-state index in [0.717, 1.165) is 43.2 Å². The summed E-state index contributed by atoms with van der Waals surface area (Å²) < 4.78 is 11.9. The maximum atomic E-state index is 6.01. The molecule has 0 radical (unpaired) electrons. The molecule has 3 rings (SSSR count). The van der Waals surface area contributed by atoms with Crippen LogP contribution in [0.1, 0.15) is 43.7 Å². The van der Waals surface area contributed by atoms with Crippen LogP contribution in [0.5, 0.6) is 11.5 Å². The Bertz CT molecular complexity index is 846. The molecule has 0 saturated heterocycles. The molecule has 0 atom stereocenters. The lowest BCUT2D eigenvalue weighted by molar-refractivity contribution is 0.302. The van der Waals surface area contributed by atoms with Crippen LogP contribution < -0.4 is 14.8 Å². The van der Waals surface area contributed by atoms with Crippen LogP contribution in [0.25, 0.3) is 0 Å². The van der Waals surface area contributed by atoms with Gasteiger partial charge in [-0.2, -0.15) is 0 Å². The summed E-state index contributed by atoms with van der Waals surface area (Å²) in [6, 6.07) is 26.8. The highest BCUT2D eigenvalue weighted by Crippen LogP contribution is 2.21. The van der Waals surface area contributed by atoms with Gasteiger partial charge < -0.3 is 14.8 Å². The zero-order chi connectivity index (χ0) is 20.9. The molecule has 0 aliphatic carbocycles. The fraction of sp³-hybridized carbons (Fsp3) is 0.333. The molecule has 0 fully saturated rings. The molecule has 30 heavy (non-hydrogen) atoms. The number of anilines is 1. The van der Waals surface area contributed by atoms with Crippen LogP contribution in [0.2, 0.25) is 0 Å². The van der Waals surface area contributed by atoms with Crippen molar-refractivity contribution < 1.29 is 9.47 Å². The molecule has 3 heteroatoms. The molecule has 0 saturated carbocycles. The van der Waals surface area contributed by atoms with Crippen molar-refractivity contribution >= 4 is 5.69 Å². The van der Waals surface area contributed by atoms with Crippen molar-refractivity contribution in [2.45, 2.75) is 45.6 Å². The fourth-order valence-electron chi connectivity index (χ4n) is 3.30. The number of unbranched alkanes of at least 4 members (excludes halogenated alkanes) is 3. The first-order valence-corrected chi connectivity index (χ1v) is 11.1. The molecule has 0 bridgehead atoms. The minimum Gasteiger partial charge on any atom is -0.493 e. The average Bonchev–Trinajstić information content (AvgIpc) is 2.80. The van der Waals surface area contributed by atoms with E-state index in [2.05, 4.69) is 66.8 Å². The topological polar surface area (TPSA) is 30.5 Å². The van der Waals surface area contributed by atoms with Crippen molar-refractivity contribution in [3.8, 4) is 11.5 Å². The summed E-state index contributed by atoms with van der Waals surface area (Å²) in [7, 11) is 0. The van der Waals surface area contributed by atoms with Gasteiger partial charge in [0, 0.05) is 24.2 Å². The summed E-state index contributed by atoms with van der Waals surface area (Å²) in [5.41, 5.74) is 3.54. The van der Waals surface area contributed by atoms with E-state index >= 15 is 0 Å². The Kier molecular flexibility index (Phi) is 9.13. The van der Waals surface area contributed by atoms with Gasteiger partial charge >= 0.3 is 0 Å². The molecule has 0 unspecified atom stereocenters. The first-order valence-electron chi connectivity index (χ1n) is 11.1. The number of hydrogen-bond donors (Lipinski definition) is 1. The summed E-state index contributed by atoms with van der Waals surface area (Å²) in [6.07, 6.45) is 5.78. The van der Waals surface area contributed by atoms with Crippen LogP contribution in [0.3, 0.4) is 0 Å². The van der Waals surface area contributed by atoms with Gasteiger partial charge in [-0.3, -0.25) is 0 Å². The third-order valence-electron chi connectivity index (χ3n) is 5.07. The minimum absolute atomic E-state index is 0.680. The summed E-state index contributed by atoms with van der Waals surface area (Å²) in [5, 5.41) is 3.49. The molecule has 0 aliphatic rings. The van der Waals surface area contributed by atoms with Gasteiger partial charge in [-0.25, -0.2) is 0 Å². The standard InChI is InChI=1S/C27H33NO2/c1-2-3-4-10-20-30-27-14-9-8-13-24(27)22-28-25-15-17-26(18-16-25)29-21-19-23-11-6-5-7-12-23/h5-9,11-18,28H,2-4,10,19-22H2,1H3. The number of nitrogens with one attached hydrogen (secondary N) is 1. The predicted molar refractivity (Wildman–Crippen MR) is 125 cm³/mol. The number of para-hydroxylation sites is 1. The normalized spacial score (nSPS) is 10.6. The summed E-state index contributed by atoms with van der Waals surface area (Å²) >= 11 is 0. The van der Waals surface area contributed by atoms with Crippen molar-refractivity contribution in [1.82, 2.24) is 0 Å². The number of rotatable bonds is 13. The highest BCUT2D eigenvalue weighted by atomic mass is 16.5. The van der Waals surface area contributed by atoms with E-state index in [9.17, 15) is 0 Å². The summed E-state index contributed by atoms with van der Waals surface area (Å²) in [6.45, 7) is 4.43. The smallest absolute Gasteiger partial charge is 0.124 e. The second-order valence-electron chi connectivity index (χ2n) is 7.48. The first-order chi connectivity index (χ1) is 14.8. The maximum Gasteiger partial charge on any atom is 0.124 e. The van der Waals surface area contributed by atoms with E-state index in [-0.39, 0.29) is 0 Å². The Morgan fingerprint density at radius 2 is 1.47 bits per heavy atom. The minimum atomic E-state index is 0.680. The molecule has 0 aliphatic heterocycles. The van der Waals surface area contributed by atoms with Gasteiger partial charge in [-0.15, -0.1) is 0 Å². The van der Waals surface area contributed by atoms with Gasteiger partial charge in [0.25, 0.3) is 0 Å². The van der Waals surface area contributed by atoms with Crippen LogP contribution in [-0.2, 0) is 13.0 Å². The lowest BCUT2D eigenvalue weighted by Crippen LogP contribution is -2.05. The maximum absolute atomic E-state index is 6.01. The van der Waals surface area contributed by atoms with Crippen molar-refractivity contribution in [3.05, 3.63) is 90.0 Å². The van der Waals surface area contributed by atoms with Gasteiger partial charge in [0.1, 0.15) is 11.5 Å². The second kappa shape index (κ2) is 12.6. The molecule has 158 valence electrons. The van der Waals surface area contributed by atoms with E-state index in [4.69, 9.17) is 9.47 Å². The van der Waals surface area contributed by atoms with Crippen LogP contribution in [-0.4, -0.2) is 13.2 Å². The lowest BCUT2D eigenvalue weighted by atomic mass is 10.2. The molecule has 0 aromatic heterocycles. The molecule has 3 nitrogen and oxygen atoms in total. The van der Waals surface area contributed by atoms with Gasteiger partial charge in [-0.05, 0) is 42.3 Å². The van der Waals surface area contributed by atoms with Gasteiger partial charge in [0.15, 0.2) is 0 Å². The van der Waals surface area contributed by atoms with E-state index in [1.165, 1.54) is 30.4 Å². The van der Waals surface area contributed by atoms with E-state index in [0.29, 0.717) is 6.61 Å². The number of ether oxygens (including phenoxy) is 2. The molecule has 0 amide bonds. The SMILES string of the molecule is CCCCCCOc1ccccc1CNc1ccc(OCCc2ccccc2)cc1. The zero-order valence-corrected chi connectivity index (χ0v) is 18.0. The Hall–Kier alpha value is -2.94. The molecule has 3 aromatic carbocycles. The third-order valence-corrected chi connectivity index (χ3v) is 5.07. The van der Waals surface area contributed by atoms with Crippen molar-refractivity contribution in [2.75, 3.05) is 18.5 Å². The quantitative estimate of drug-likeness (QED) is 0.316. The largest absolute Gasteiger partial charge is 0.493 e. The van der Waals surface area contributed by atoms with Gasteiger partial charge in [0.2, 0.25) is 0 Å². The molecule has 3 aromatic rings. The number of hydrogen-bond acceptors (Lipinski definition) is 3. The van der Waals surface area contributed by atoms with Crippen molar-refractivity contribution in [2.24, 2.45) is 0 Å². The van der Waals surface area contributed by atoms with E-state index < -0.39 is 0 Å². The predicted octanol–water partition coefficient (Wildman–Crippen LogP) is 6.88. The van der Waals surface area contributed by atoms with Crippen molar-refractivity contribution in [3.63, 3.8) is 0 Å². The summed E-state index contributed by atoms with van der Waals surface area (Å²) in [4.78, 5) is 0. The molecule has 1 N–H and O–H groups in total. The first kappa shape index (κ1) is 21.8. The lowest BCUT2D eigenvalue weighted by Gasteiger charge is -2.13. The zero-order valence-electron chi connectivity index (χ0n) is 18.0. The highest BCUT2D eigenvalue weighted by Gasteiger charge is 2.04. The Morgan fingerprint density at radius 3 is 2.27 bits per heavy atom. The fourth-order valence-corrected chi connectivity index (χ4v) is 3.30. The molecule has 0 heterocycles. The molecular weight excluding hydrogens is 370 g/mol. The third kappa shape index (κ3) is 7.47. The van der Waals surface area contributed by atoms with Crippen LogP contribution >= 0.6 is 0 Å². The second-order valence-corrected chi connectivity index (χ2v) is 7.48. The monoisotopic (exact) mass is 403 g/mol. The Labute approximate surface area is 181 Å². The number of benzene rings is 3. The van der Waals surface area contributed by atoms with E-state index in [1.807, 2.05) is 24.3 Å². The van der Waals surface area contributed by atoms with Crippen LogP contribution in [0.15, 0.2) is 78.9 Å². The van der Waals surface area contributed by atoms with Gasteiger partial charge in [-0.1, -0.05) is 74.7 Å². The Morgan fingerprint density at radius 1 is 0.700 bits per heavy atom. The Balaban J connectivity index is 1.43. The molecular formula is C27H33NO2. The van der Waals surface area contributed by atoms with Crippen LogP contribution in [0, 0.1) is 0 Å². The van der Waals surface area contributed by atoms with E-state index in [1.54, 1.807) is 0 Å². The van der Waals surface area contributed by atoms with Crippen molar-refractivity contribution in [1.29, 1.82) is 0 Å². The average molecular weight is 404 g/mol. The highest BCUT2D eigenvalue weighted by molar-refractivity contribution is 5.48.